The number of benzene rings is 1. The Morgan fingerprint density at radius 1 is 0.885 bits per heavy atom. The summed E-state index contributed by atoms with van der Waals surface area (Å²) in [5, 5.41) is 17.5. The van der Waals surface area contributed by atoms with Crippen molar-refractivity contribution in [2.24, 2.45) is 5.92 Å². The SMILES string of the molecule is O=C(O)CCC(CCP(=O)(O)Cc1c(F)c(F)c(F)c(F)c1F)C(=O)O. The van der Waals surface area contributed by atoms with Crippen LogP contribution in [0.25, 0.3) is 0 Å². The predicted molar refractivity (Wildman–Crippen MR) is 77.2 cm³/mol. The first-order valence-electron chi connectivity index (χ1n) is 7.13. The lowest BCUT2D eigenvalue weighted by Crippen LogP contribution is -2.17. The molecule has 0 radical (unpaired) electrons. The van der Waals surface area contributed by atoms with Gasteiger partial charge in [-0.25, -0.2) is 22.0 Å². The fourth-order valence-corrected chi connectivity index (χ4v) is 3.81. The number of rotatable bonds is 9. The number of hydrogen-bond donors (Lipinski definition) is 3. The van der Waals surface area contributed by atoms with Crippen LogP contribution in [0.4, 0.5) is 22.0 Å². The van der Waals surface area contributed by atoms with E-state index in [1.807, 2.05) is 0 Å². The summed E-state index contributed by atoms with van der Waals surface area (Å²) >= 11 is 0. The van der Waals surface area contributed by atoms with Gasteiger partial charge in [0.2, 0.25) is 13.2 Å². The monoisotopic (exact) mass is 404 g/mol. The number of aliphatic carboxylic acids is 2. The molecule has 1 aromatic carbocycles. The Labute approximate surface area is 143 Å². The summed E-state index contributed by atoms with van der Waals surface area (Å²) in [6.45, 7) is 0. The van der Waals surface area contributed by atoms with E-state index in [1.54, 1.807) is 0 Å². The van der Waals surface area contributed by atoms with Gasteiger partial charge in [0.05, 0.1) is 12.1 Å². The van der Waals surface area contributed by atoms with E-state index >= 15 is 0 Å². The average molecular weight is 404 g/mol. The van der Waals surface area contributed by atoms with Gasteiger partial charge in [-0.1, -0.05) is 0 Å². The van der Waals surface area contributed by atoms with Crippen LogP contribution in [0, 0.1) is 35.0 Å². The molecule has 0 heterocycles. The predicted octanol–water partition coefficient (Wildman–Crippen LogP) is 3.11. The molecule has 2 atom stereocenters. The minimum atomic E-state index is -4.51. The van der Waals surface area contributed by atoms with Crippen LogP contribution in [-0.2, 0) is 20.3 Å². The number of carbonyl (C=O) groups is 2. The highest BCUT2D eigenvalue weighted by molar-refractivity contribution is 7.57. The average Bonchev–Trinajstić information content (AvgIpc) is 2.54. The third-order valence-electron chi connectivity index (χ3n) is 3.59. The number of hydrogen-bond acceptors (Lipinski definition) is 3. The molecule has 0 aliphatic heterocycles. The van der Waals surface area contributed by atoms with Crippen LogP contribution in [0.5, 0.6) is 0 Å². The van der Waals surface area contributed by atoms with E-state index in [2.05, 4.69) is 0 Å². The van der Waals surface area contributed by atoms with E-state index in [-0.39, 0.29) is 6.42 Å². The van der Waals surface area contributed by atoms with E-state index in [9.17, 15) is 41.0 Å². The molecule has 0 aliphatic rings. The molecule has 0 bridgehead atoms. The van der Waals surface area contributed by atoms with Gasteiger partial charge >= 0.3 is 11.9 Å². The van der Waals surface area contributed by atoms with E-state index in [0.717, 1.165) is 0 Å². The molecule has 1 rings (SSSR count). The Bertz CT molecular complexity index is 740. The van der Waals surface area contributed by atoms with Crippen LogP contribution in [0.3, 0.4) is 0 Å². The Balaban J connectivity index is 2.95. The molecule has 0 aliphatic carbocycles. The largest absolute Gasteiger partial charge is 0.481 e. The smallest absolute Gasteiger partial charge is 0.306 e. The molecule has 26 heavy (non-hydrogen) atoms. The van der Waals surface area contributed by atoms with Gasteiger partial charge in [-0.3, -0.25) is 14.2 Å². The van der Waals surface area contributed by atoms with E-state index < -0.39 is 85.0 Å². The van der Waals surface area contributed by atoms with Crippen molar-refractivity contribution in [3.05, 3.63) is 34.6 Å². The first kappa shape index (κ1) is 22.0. The number of halogens is 5. The van der Waals surface area contributed by atoms with Crippen molar-refractivity contribution >= 4 is 19.3 Å². The van der Waals surface area contributed by atoms with Crippen molar-refractivity contribution in [1.82, 2.24) is 0 Å². The van der Waals surface area contributed by atoms with Crippen LogP contribution in [0.2, 0.25) is 0 Å². The fourth-order valence-electron chi connectivity index (χ4n) is 2.16. The zero-order valence-electron chi connectivity index (χ0n) is 13.0. The Morgan fingerprint density at radius 3 is 1.77 bits per heavy atom. The fraction of sp³-hybridized carbons (Fsp3) is 0.429. The van der Waals surface area contributed by atoms with Gasteiger partial charge in [-0.05, 0) is 12.8 Å². The molecular weight excluding hydrogens is 390 g/mol. The Morgan fingerprint density at radius 2 is 1.35 bits per heavy atom. The van der Waals surface area contributed by atoms with Crippen LogP contribution in [0.15, 0.2) is 0 Å². The molecule has 12 heteroatoms. The summed E-state index contributed by atoms with van der Waals surface area (Å²) in [6.07, 6.45) is -3.57. The van der Waals surface area contributed by atoms with E-state index in [4.69, 9.17) is 10.2 Å². The molecule has 0 aromatic heterocycles. The van der Waals surface area contributed by atoms with E-state index in [1.165, 1.54) is 0 Å². The molecular formula is C14H14F5O6P. The lowest BCUT2D eigenvalue weighted by atomic mass is 10.0. The molecule has 6 nitrogen and oxygen atoms in total. The molecule has 0 saturated heterocycles. The second-order valence-electron chi connectivity index (χ2n) is 5.53. The van der Waals surface area contributed by atoms with Gasteiger partial charge in [0.15, 0.2) is 23.3 Å². The van der Waals surface area contributed by atoms with Crippen LogP contribution in [-0.4, -0.2) is 33.2 Å². The molecule has 0 spiro atoms. The number of carboxylic acids is 2. The second-order valence-corrected chi connectivity index (χ2v) is 7.99. The molecule has 146 valence electrons. The normalized spacial score (nSPS) is 14.7. The lowest BCUT2D eigenvalue weighted by molar-refractivity contribution is -0.143. The van der Waals surface area contributed by atoms with Crippen molar-refractivity contribution in [3.8, 4) is 0 Å². The van der Waals surface area contributed by atoms with Gasteiger partial charge in [0, 0.05) is 18.1 Å². The first-order chi connectivity index (χ1) is 11.9. The second kappa shape index (κ2) is 8.59. The topological polar surface area (TPSA) is 112 Å². The maximum absolute atomic E-state index is 13.6. The minimum Gasteiger partial charge on any atom is -0.481 e. The van der Waals surface area contributed by atoms with Crippen molar-refractivity contribution in [2.75, 3.05) is 6.16 Å². The highest BCUT2D eigenvalue weighted by atomic mass is 31.2. The Hall–Kier alpha value is -2.00. The van der Waals surface area contributed by atoms with Crippen LogP contribution < -0.4 is 0 Å². The van der Waals surface area contributed by atoms with Gasteiger partial charge in [0.1, 0.15) is 0 Å². The molecule has 0 amide bonds. The number of carboxylic acid groups (broad SMARTS) is 2. The van der Waals surface area contributed by atoms with Crippen molar-refractivity contribution in [2.45, 2.75) is 25.4 Å². The summed E-state index contributed by atoms with van der Waals surface area (Å²) < 4.78 is 78.3. The third kappa shape index (κ3) is 5.50. The van der Waals surface area contributed by atoms with Crippen molar-refractivity contribution in [1.29, 1.82) is 0 Å². The summed E-state index contributed by atoms with van der Waals surface area (Å²) in [7, 11) is -4.51. The first-order valence-corrected chi connectivity index (χ1v) is 9.16. The van der Waals surface area contributed by atoms with Crippen LogP contribution >= 0.6 is 7.37 Å². The summed E-state index contributed by atoms with van der Waals surface area (Å²) in [5.74, 6) is -15.5. The highest BCUT2D eigenvalue weighted by Crippen LogP contribution is 2.47. The zero-order valence-corrected chi connectivity index (χ0v) is 13.9. The maximum atomic E-state index is 13.6. The zero-order chi connectivity index (χ0) is 20.2. The van der Waals surface area contributed by atoms with Gasteiger partial charge in [-0.15, -0.1) is 0 Å². The maximum Gasteiger partial charge on any atom is 0.306 e. The molecule has 0 fully saturated rings. The van der Waals surface area contributed by atoms with E-state index in [0.29, 0.717) is 0 Å². The molecule has 1 aromatic rings. The molecule has 3 N–H and O–H groups in total. The van der Waals surface area contributed by atoms with Gasteiger partial charge in [0.25, 0.3) is 0 Å². The lowest BCUT2D eigenvalue weighted by Gasteiger charge is -2.16. The highest BCUT2D eigenvalue weighted by Gasteiger charge is 2.31. The summed E-state index contributed by atoms with van der Waals surface area (Å²) in [4.78, 5) is 31.2. The standard InChI is InChI=1S/C14H14F5O6P/c15-9-7(10(16)12(18)13(19)11(9)17)5-26(24,25)4-3-6(14(22)23)1-2-8(20)21/h6H,1-5H2,(H,20,21)(H,22,23)(H,24,25). The quantitative estimate of drug-likeness (QED) is 0.252. The van der Waals surface area contributed by atoms with Crippen molar-refractivity contribution in [3.63, 3.8) is 0 Å². The summed E-state index contributed by atoms with van der Waals surface area (Å²) in [5.41, 5.74) is -1.47. The van der Waals surface area contributed by atoms with Crippen LogP contribution in [0.1, 0.15) is 24.8 Å². The molecule has 2 unspecified atom stereocenters. The van der Waals surface area contributed by atoms with Gasteiger partial charge in [-0.2, -0.15) is 0 Å². The minimum absolute atomic E-state index is 0.354. The third-order valence-corrected chi connectivity index (χ3v) is 5.36. The molecule has 0 saturated carbocycles. The Kier molecular flexibility index (Phi) is 7.28. The summed E-state index contributed by atoms with van der Waals surface area (Å²) in [6, 6.07) is 0. The van der Waals surface area contributed by atoms with Crippen molar-refractivity contribution < 1.29 is 51.2 Å². The van der Waals surface area contributed by atoms with Gasteiger partial charge < -0.3 is 15.1 Å².